The second-order valence-corrected chi connectivity index (χ2v) is 7.23. The van der Waals surface area contributed by atoms with Gasteiger partial charge in [0.2, 0.25) is 11.8 Å². The van der Waals surface area contributed by atoms with E-state index in [4.69, 9.17) is 10.5 Å². The van der Waals surface area contributed by atoms with Crippen LogP contribution in [-0.2, 0) is 19.7 Å². The van der Waals surface area contributed by atoms with Crippen molar-refractivity contribution in [3.05, 3.63) is 50.5 Å². The zero-order chi connectivity index (χ0) is 17.9. The highest BCUT2D eigenvalue weighted by atomic mass is 79.9. The minimum absolute atomic E-state index is 0.0283. The smallest absolute Gasteiger partial charge is 0.245 e. The van der Waals surface area contributed by atoms with Crippen molar-refractivity contribution < 1.29 is 14.3 Å². The first-order chi connectivity index (χ1) is 11.9. The van der Waals surface area contributed by atoms with E-state index in [0.717, 1.165) is 10.0 Å². The van der Waals surface area contributed by atoms with Crippen LogP contribution in [0.2, 0.25) is 0 Å². The van der Waals surface area contributed by atoms with E-state index in [1.54, 1.807) is 6.07 Å². The Bertz CT molecular complexity index is 971. The van der Waals surface area contributed by atoms with Gasteiger partial charge in [0.15, 0.2) is 5.78 Å². The summed E-state index contributed by atoms with van der Waals surface area (Å²) in [7, 11) is 0. The number of anilines is 1. The van der Waals surface area contributed by atoms with Crippen LogP contribution in [0.1, 0.15) is 30.4 Å². The molecule has 4 rings (SSSR count). The number of hydrogen-bond acceptors (Lipinski definition) is 5. The SMILES string of the molecule is Cc1cc2c(cc1Br)NC(=O)[C@]21C(C#N)=C(N)OC2=C1C(=O)CCC2. The maximum absolute atomic E-state index is 13.1. The number of amides is 1. The molecule has 0 unspecified atom stereocenters. The Morgan fingerprint density at radius 1 is 1.36 bits per heavy atom. The van der Waals surface area contributed by atoms with Gasteiger partial charge in [-0.15, -0.1) is 0 Å². The van der Waals surface area contributed by atoms with Crippen LogP contribution in [0, 0.1) is 18.3 Å². The Morgan fingerprint density at radius 2 is 2.12 bits per heavy atom. The van der Waals surface area contributed by atoms with Crippen molar-refractivity contribution in [2.75, 3.05) is 5.32 Å². The van der Waals surface area contributed by atoms with Crippen molar-refractivity contribution in [3.63, 3.8) is 0 Å². The highest BCUT2D eigenvalue weighted by Gasteiger charge is 2.59. The van der Waals surface area contributed by atoms with Crippen molar-refractivity contribution in [3.8, 4) is 6.07 Å². The largest absolute Gasteiger partial charge is 0.444 e. The maximum atomic E-state index is 13.1. The molecule has 2 aliphatic heterocycles. The first-order valence-electron chi connectivity index (χ1n) is 7.88. The minimum atomic E-state index is -1.52. The fourth-order valence-corrected chi connectivity index (χ4v) is 4.24. The molecule has 1 spiro atoms. The molecule has 3 aliphatic rings. The van der Waals surface area contributed by atoms with Crippen LogP contribution in [0.3, 0.4) is 0 Å². The molecule has 0 fully saturated rings. The van der Waals surface area contributed by atoms with Crippen LogP contribution in [0.5, 0.6) is 0 Å². The average Bonchev–Trinajstić information content (AvgIpc) is 2.81. The Morgan fingerprint density at radius 3 is 2.84 bits per heavy atom. The number of fused-ring (bicyclic) bond motifs is 3. The van der Waals surface area contributed by atoms with Gasteiger partial charge in [-0.25, -0.2) is 0 Å². The van der Waals surface area contributed by atoms with E-state index in [9.17, 15) is 14.9 Å². The first-order valence-corrected chi connectivity index (χ1v) is 8.67. The maximum Gasteiger partial charge on any atom is 0.245 e. The number of carbonyl (C=O) groups is 2. The molecular weight excluding hydrogens is 386 g/mol. The van der Waals surface area contributed by atoms with Crippen LogP contribution in [0.25, 0.3) is 0 Å². The number of halogens is 1. The zero-order valence-corrected chi connectivity index (χ0v) is 15.0. The monoisotopic (exact) mass is 399 g/mol. The third-order valence-electron chi connectivity index (χ3n) is 5.00. The standard InChI is InChI=1S/C18H14BrN3O3/c1-8-5-9-12(6-11(8)19)22-17(24)18(9)10(7-20)16(21)25-14-4-2-3-13(23)15(14)18/h5-6H,2-4,21H2,1H3,(H,22,24)/t18-/m0/s1. The molecule has 1 amide bonds. The summed E-state index contributed by atoms with van der Waals surface area (Å²) in [6.45, 7) is 1.89. The molecule has 1 aromatic rings. The van der Waals surface area contributed by atoms with Gasteiger partial charge in [0, 0.05) is 28.6 Å². The molecule has 2 heterocycles. The van der Waals surface area contributed by atoms with Gasteiger partial charge >= 0.3 is 0 Å². The Labute approximate surface area is 152 Å². The topological polar surface area (TPSA) is 105 Å². The van der Waals surface area contributed by atoms with E-state index >= 15 is 0 Å². The van der Waals surface area contributed by atoms with Crippen molar-refractivity contribution in [1.82, 2.24) is 0 Å². The summed E-state index contributed by atoms with van der Waals surface area (Å²) in [6.07, 6.45) is 1.47. The van der Waals surface area contributed by atoms with Gasteiger partial charge in [0.05, 0.1) is 5.57 Å². The van der Waals surface area contributed by atoms with E-state index in [-0.39, 0.29) is 22.8 Å². The number of allylic oxidation sites excluding steroid dienone is 1. The average molecular weight is 400 g/mol. The van der Waals surface area contributed by atoms with Crippen LogP contribution in [-0.4, -0.2) is 11.7 Å². The van der Waals surface area contributed by atoms with E-state index in [0.29, 0.717) is 36.3 Å². The summed E-state index contributed by atoms with van der Waals surface area (Å²) in [5, 5.41) is 12.6. The van der Waals surface area contributed by atoms with E-state index in [1.807, 2.05) is 19.1 Å². The number of rotatable bonds is 0. The highest BCUT2D eigenvalue weighted by molar-refractivity contribution is 9.10. The van der Waals surface area contributed by atoms with Gasteiger partial charge in [-0.2, -0.15) is 5.26 Å². The Balaban J connectivity index is 2.13. The lowest BCUT2D eigenvalue weighted by Crippen LogP contribution is -2.46. The van der Waals surface area contributed by atoms with Crippen LogP contribution < -0.4 is 11.1 Å². The molecule has 126 valence electrons. The summed E-state index contributed by atoms with van der Waals surface area (Å²) in [5.74, 6) is -0.327. The van der Waals surface area contributed by atoms with E-state index < -0.39 is 11.3 Å². The normalized spacial score (nSPS) is 24.7. The number of ketones is 1. The number of benzene rings is 1. The number of carbonyl (C=O) groups excluding carboxylic acids is 2. The lowest BCUT2D eigenvalue weighted by molar-refractivity contribution is -0.123. The molecule has 1 atom stereocenters. The molecule has 0 saturated heterocycles. The fraction of sp³-hybridized carbons (Fsp3) is 0.278. The van der Waals surface area contributed by atoms with Crippen molar-refractivity contribution in [2.45, 2.75) is 31.6 Å². The molecule has 0 radical (unpaired) electrons. The van der Waals surface area contributed by atoms with E-state index in [1.165, 1.54) is 0 Å². The summed E-state index contributed by atoms with van der Waals surface area (Å²) in [6, 6.07) is 5.62. The number of nitrogens with two attached hydrogens (primary N) is 1. The number of nitriles is 1. The second kappa shape index (κ2) is 5.20. The van der Waals surface area contributed by atoms with Crippen LogP contribution >= 0.6 is 15.9 Å². The highest BCUT2D eigenvalue weighted by Crippen LogP contribution is 2.54. The first kappa shape index (κ1) is 15.9. The van der Waals surface area contributed by atoms with Gasteiger partial charge in [-0.3, -0.25) is 9.59 Å². The van der Waals surface area contributed by atoms with Crippen molar-refractivity contribution in [2.24, 2.45) is 5.73 Å². The molecule has 0 saturated carbocycles. The number of ether oxygens (including phenoxy) is 1. The third kappa shape index (κ3) is 1.89. The second-order valence-electron chi connectivity index (χ2n) is 6.38. The van der Waals surface area contributed by atoms with Gasteiger partial charge in [-0.1, -0.05) is 22.0 Å². The van der Waals surface area contributed by atoms with Crippen molar-refractivity contribution >= 4 is 33.3 Å². The molecule has 6 nitrogen and oxygen atoms in total. The lowest BCUT2D eigenvalue weighted by atomic mass is 9.65. The van der Waals surface area contributed by atoms with Gasteiger partial charge in [0.25, 0.3) is 0 Å². The molecule has 0 aromatic heterocycles. The summed E-state index contributed by atoms with van der Waals surface area (Å²) in [5.41, 5.74) is 6.71. The summed E-state index contributed by atoms with van der Waals surface area (Å²) in [4.78, 5) is 25.9. The number of aryl methyl sites for hydroxylation is 1. The predicted molar refractivity (Wildman–Crippen MR) is 93.0 cm³/mol. The quantitative estimate of drug-likeness (QED) is 0.697. The molecule has 25 heavy (non-hydrogen) atoms. The van der Waals surface area contributed by atoms with Crippen molar-refractivity contribution in [1.29, 1.82) is 5.26 Å². The molecular formula is C18H14BrN3O3. The molecule has 0 bridgehead atoms. The van der Waals surface area contributed by atoms with Crippen LogP contribution in [0.15, 0.2) is 39.4 Å². The number of Topliss-reactive ketones (excluding diaryl/α,β-unsaturated/α-hetero) is 1. The molecule has 7 heteroatoms. The minimum Gasteiger partial charge on any atom is -0.444 e. The fourth-order valence-electron chi connectivity index (χ4n) is 3.90. The summed E-state index contributed by atoms with van der Waals surface area (Å²) < 4.78 is 6.40. The number of nitrogens with one attached hydrogen (secondary N) is 1. The number of nitrogens with zero attached hydrogens (tertiary/aromatic N) is 1. The van der Waals surface area contributed by atoms with Gasteiger partial charge < -0.3 is 15.8 Å². The Hall–Kier alpha value is -2.59. The lowest BCUT2D eigenvalue weighted by Gasteiger charge is -2.37. The van der Waals surface area contributed by atoms with Gasteiger partial charge in [-0.05, 0) is 25.0 Å². The van der Waals surface area contributed by atoms with Crippen LogP contribution in [0.4, 0.5) is 5.69 Å². The third-order valence-corrected chi connectivity index (χ3v) is 5.85. The zero-order valence-electron chi connectivity index (χ0n) is 13.4. The summed E-state index contributed by atoms with van der Waals surface area (Å²) >= 11 is 3.45. The molecule has 1 aromatic carbocycles. The van der Waals surface area contributed by atoms with E-state index in [2.05, 4.69) is 21.2 Å². The molecule has 3 N–H and O–H groups in total. The molecule has 1 aliphatic carbocycles. The Kier molecular flexibility index (Phi) is 3.31. The predicted octanol–water partition coefficient (Wildman–Crippen LogP) is 2.68. The number of hydrogen-bond donors (Lipinski definition) is 2. The van der Waals surface area contributed by atoms with Gasteiger partial charge in [0.1, 0.15) is 22.8 Å².